The van der Waals surface area contributed by atoms with Gasteiger partial charge in [-0.3, -0.25) is 4.79 Å². The highest BCUT2D eigenvalue weighted by molar-refractivity contribution is 7.99. The fourth-order valence-electron chi connectivity index (χ4n) is 1.78. The number of nitrogens with zero attached hydrogens (tertiary/aromatic N) is 1. The van der Waals surface area contributed by atoms with Crippen LogP contribution in [0.3, 0.4) is 0 Å². The second kappa shape index (κ2) is 8.21. The maximum absolute atomic E-state index is 12.1. The zero-order valence-corrected chi connectivity index (χ0v) is 14.0. The molecular weight excluding hydrogens is 290 g/mol. The number of nitrogens with one attached hydrogen (secondary N) is 1. The molecule has 1 aromatic rings. The van der Waals surface area contributed by atoms with Crippen molar-refractivity contribution in [1.29, 1.82) is 0 Å². The van der Waals surface area contributed by atoms with Crippen LogP contribution in [0, 0.1) is 0 Å². The lowest BCUT2D eigenvalue weighted by Crippen LogP contribution is -2.23. The molecule has 0 aromatic carbocycles. The number of nitrogen functional groups attached to an aromatic ring is 1. The molecule has 0 spiro atoms. The topological polar surface area (TPSA) is 58.4 Å². The van der Waals surface area contributed by atoms with Crippen molar-refractivity contribution in [1.82, 2.24) is 5.32 Å². The molecule has 1 amide bonds. The summed E-state index contributed by atoms with van der Waals surface area (Å²) in [7, 11) is 2.05. The van der Waals surface area contributed by atoms with E-state index < -0.39 is 0 Å². The van der Waals surface area contributed by atoms with Gasteiger partial charge in [0.25, 0.3) is 5.91 Å². The van der Waals surface area contributed by atoms with Gasteiger partial charge in [-0.1, -0.05) is 19.4 Å². The summed E-state index contributed by atoms with van der Waals surface area (Å²) >= 11 is 3.05. The molecule has 0 aliphatic heterocycles. The van der Waals surface area contributed by atoms with Crippen molar-refractivity contribution in [2.75, 3.05) is 37.0 Å². The van der Waals surface area contributed by atoms with E-state index in [0.29, 0.717) is 17.1 Å². The molecule has 0 bridgehead atoms. The number of nitrogens with two attached hydrogens (primary N) is 1. The summed E-state index contributed by atoms with van der Waals surface area (Å²) < 4.78 is 0. The van der Waals surface area contributed by atoms with E-state index in [1.165, 1.54) is 11.3 Å². The van der Waals surface area contributed by atoms with Crippen LogP contribution in [0.4, 0.5) is 10.7 Å². The lowest BCUT2D eigenvalue weighted by atomic mass is 10.3. The minimum atomic E-state index is -0.127. The molecule has 0 fully saturated rings. The van der Waals surface area contributed by atoms with Gasteiger partial charge in [0.1, 0.15) is 9.88 Å². The molecule has 0 saturated carbocycles. The molecule has 4 nitrogen and oxygen atoms in total. The van der Waals surface area contributed by atoms with E-state index in [1.807, 2.05) is 13.3 Å². The van der Waals surface area contributed by atoms with E-state index in [9.17, 15) is 4.79 Å². The average Bonchev–Trinajstić information content (AvgIpc) is 2.79. The van der Waals surface area contributed by atoms with Crippen molar-refractivity contribution in [2.24, 2.45) is 0 Å². The van der Waals surface area contributed by atoms with Crippen LogP contribution in [0.5, 0.6) is 0 Å². The lowest BCUT2D eigenvalue weighted by Gasteiger charge is -2.18. The van der Waals surface area contributed by atoms with Crippen LogP contribution in [0.1, 0.15) is 29.4 Å². The molecule has 0 atom stereocenters. The van der Waals surface area contributed by atoms with Gasteiger partial charge < -0.3 is 16.0 Å². The molecule has 0 aliphatic carbocycles. The highest BCUT2D eigenvalue weighted by atomic mass is 32.2. The molecule has 6 heteroatoms. The molecule has 112 valence electrons. The van der Waals surface area contributed by atoms with Gasteiger partial charge in [-0.15, -0.1) is 29.7 Å². The number of thioether (sulfide) groups is 1. The highest BCUT2D eigenvalue weighted by Gasteiger charge is 2.22. The van der Waals surface area contributed by atoms with Gasteiger partial charge in [0.15, 0.2) is 0 Å². The average molecular weight is 313 g/mol. The van der Waals surface area contributed by atoms with Crippen LogP contribution in [0.15, 0.2) is 17.6 Å². The summed E-state index contributed by atoms with van der Waals surface area (Å²) in [6.07, 6.45) is 5.92. The number of thiophene rings is 1. The highest BCUT2D eigenvalue weighted by Crippen LogP contribution is 2.43. The molecule has 1 rings (SSSR count). The maximum Gasteiger partial charge on any atom is 0.263 e. The Hall–Kier alpha value is -1.14. The molecule has 1 aromatic heterocycles. The number of rotatable bonds is 8. The van der Waals surface area contributed by atoms with Gasteiger partial charge in [0.2, 0.25) is 0 Å². The number of amides is 1. The molecule has 20 heavy (non-hydrogen) atoms. The Morgan fingerprint density at radius 3 is 2.85 bits per heavy atom. The van der Waals surface area contributed by atoms with Crippen LogP contribution in [-0.2, 0) is 0 Å². The molecule has 3 N–H and O–H groups in total. The Kier molecular flexibility index (Phi) is 6.95. The summed E-state index contributed by atoms with van der Waals surface area (Å²) in [4.78, 5) is 15.9. The summed E-state index contributed by atoms with van der Waals surface area (Å²) in [5, 5.41) is 3.86. The van der Waals surface area contributed by atoms with Crippen LogP contribution in [0.25, 0.3) is 0 Å². The molecule has 0 radical (unpaired) electrons. The Labute approximate surface area is 129 Å². The first-order valence-corrected chi connectivity index (χ1v) is 8.67. The Morgan fingerprint density at radius 1 is 1.60 bits per heavy atom. The number of anilines is 2. The third kappa shape index (κ3) is 3.93. The fraction of sp³-hybridized carbons (Fsp3) is 0.500. The summed E-state index contributed by atoms with van der Waals surface area (Å²) in [5.74, 6) is -0.127. The normalized spacial score (nSPS) is 10.3. The van der Waals surface area contributed by atoms with Crippen molar-refractivity contribution < 1.29 is 4.79 Å². The molecule has 0 aliphatic rings. The van der Waals surface area contributed by atoms with Gasteiger partial charge in [0, 0.05) is 20.1 Å². The van der Waals surface area contributed by atoms with Gasteiger partial charge >= 0.3 is 0 Å². The Bertz CT molecular complexity index is 471. The van der Waals surface area contributed by atoms with Crippen LogP contribution in [0.2, 0.25) is 0 Å². The van der Waals surface area contributed by atoms with Crippen LogP contribution < -0.4 is 16.0 Å². The summed E-state index contributed by atoms with van der Waals surface area (Å²) in [6.45, 7) is 7.18. The first-order chi connectivity index (χ1) is 9.56. The van der Waals surface area contributed by atoms with Crippen molar-refractivity contribution in [3.63, 3.8) is 0 Å². The SMILES string of the molecule is C=CCNC(=O)c1sc(N(C)CCCC)c(SC)c1N. The maximum atomic E-state index is 12.1. The third-order valence-electron chi connectivity index (χ3n) is 2.89. The molecular formula is C14H23N3OS2. The van der Waals surface area contributed by atoms with E-state index in [-0.39, 0.29) is 5.91 Å². The van der Waals surface area contributed by atoms with E-state index >= 15 is 0 Å². The van der Waals surface area contributed by atoms with Crippen molar-refractivity contribution in [2.45, 2.75) is 24.7 Å². The van der Waals surface area contributed by atoms with Gasteiger partial charge in [-0.25, -0.2) is 0 Å². The predicted octanol–water partition coefficient (Wildman–Crippen LogP) is 3.20. The van der Waals surface area contributed by atoms with E-state index in [4.69, 9.17) is 5.73 Å². The zero-order valence-electron chi connectivity index (χ0n) is 12.4. The van der Waals surface area contributed by atoms with Crippen LogP contribution >= 0.6 is 23.1 Å². The minimum absolute atomic E-state index is 0.127. The Balaban J connectivity index is 3.01. The lowest BCUT2D eigenvalue weighted by molar-refractivity contribution is 0.0963. The first kappa shape index (κ1) is 16.9. The quantitative estimate of drug-likeness (QED) is 0.571. The number of carbonyl (C=O) groups is 1. The smallest absolute Gasteiger partial charge is 0.263 e. The predicted molar refractivity (Wildman–Crippen MR) is 91.2 cm³/mol. The summed E-state index contributed by atoms with van der Waals surface area (Å²) in [5.41, 5.74) is 6.72. The number of hydrogen-bond donors (Lipinski definition) is 2. The van der Waals surface area contributed by atoms with Crippen molar-refractivity contribution in [3.8, 4) is 0 Å². The standard InChI is InChI=1S/C14H23N3OS2/c1-5-7-9-17(3)14-12(19-4)10(15)11(20-14)13(18)16-8-6-2/h6H,2,5,7-9,15H2,1,3-4H3,(H,16,18). The monoisotopic (exact) mass is 313 g/mol. The van der Waals surface area contributed by atoms with E-state index in [1.54, 1.807) is 17.8 Å². The number of unbranched alkanes of at least 4 members (excludes halogenated alkanes) is 1. The molecule has 0 saturated heterocycles. The van der Waals surface area contributed by atoms with Gasteiger partial charge in [-0.05, 0) is 12.7 Å². The largest absolute Gasteiger partial charge is 0.396 e. The van der Waals surface area contributed by atoms with Gasteiger partial charge in [-0.2, -0.15) is 0 Å². The van der Waals surface area contributed by atoms with Crippen LogP contribution in [-0.4, -0.2) is 32.3 Å². The number of carbonyl (C=O) groups excluding carboxylic acids is 1. The number of hydrogen-bond acceptors (Lipinski definition) is 5. The minimum Gasteiger partial charge on any atom is -0.396 e. The molecule has 0 unspecified atom stereocenters. The second-order valence-electron chi connectivity index (χ2n) is 4.46. The first-order valence-electron chi connectivity index (χ1n) is 6.63. The van der Waals surface area contributed by atoms with E-state index in [2.05, 4.69) is 23.7 Å². The summed E-state index contributed by atoms with van der Waals surface area (Å²) in [6, 6.07) is 0. The zero-order chi connectivity index (χ0) is 15.1. The Morgan fingerprint density at radius 2 is 2.30 bits per heavy atom. The third-order valence-corrected chi connectivity index (χ3v) is 5.16. The van der Waals surface area contributed by atoms with Crippen molar-refractivity contribution >= 4 is 39.7 Å². The fourth-order valence-corrected chi connectivity index (χ4v) is 3.89. The van der Waals surface area contributed by atoms with Gasteiger partial charge in [0.05, 0.1) is 10.6 Å². The molecule has 1 heterocycles. The van der Waals surface area contributed by atoms with E-state index in [0.717, 1.165) is 29.3 Å². The van der Waals surface area contributed by atoms with Crippen molar-refractivity contribution in [3.05, 3.63) is 17.5 Å². The second-order valence-corrected chi connectivity index (χ2v) is 6.27.